The summed E-state index contributed by atoms with van der Waals surface area (Å²) in [5.41, 5.74) is 1.73. The first-order valence-electron chi connectivity index (χ1n) is 3.35. The molecule has 0 fully saturated rings. The smallest absolute Gasteiger partial charge is 0.148 e. The lowest BCUT2D eigenvalue weighted by Crippen LogP contribution is -2.07. The van der Waals surface area contributed by atoms with Crippen LogP contribution >= 0.6 is 0 Å². The van der Waals surface area contributed by atoms with Gasteiger partial charge in [-0.25, -0.2) is 4.99 Å². The summed E-state index contributed by atoms with van der Waals surface area (Å²) >= 11 is 0. The number of hydrogen-bond acceptors (Lipinski definition) is 3. The zero-order chi connectivity index (χ0) is 8.43. The van der Waals surface area contributed by atoms with Crippen LogP contribution in [0, 0.1) is 17.2 Å². The van der Waals surface area contributed by atoms with E-state index in [-0.39, 0.29) is 5.92 Å². The fraction of sp³-hybridized carbons (Fsp3) is 0.375. The largest absolute Gasteiger partial charge is 0.298 e. The van der Waals surface area contributed by atoms with Crippen molar-refractivity contribution in [3.63, 3.8) is 0 Å². The fourth-order valence-corrected chi connectivity index (χ4v) is 1.11. The van der Waals surface area contributed by atoms with E-state index >= 15 is 0 Å². The van der Waals surface area contributed by atoms with Gasteiger partial charge in [0.15, 0.2) is 0 Å². The molecule has 1 heterocycles. The second kappa shape index (κ2) is 2.67. The summed E-state index contributed by atoms with van der Waals surface area (Å²) in [5.74, 6) is -0.113. The van der Waals surface area contributed by atoms with Gasteiger partial charge in [-0.3, -0.25) is 4.79 Å². The average Bonchev–Trinajstić information content (AvgIpc) is 2.26. The normalized spacial score (nSPS) is 23.0. The summed E-state index contributed by atoms with van der Waals surface area (Å²) in [7, 11) is 0. The van der Waals surface area contributed by atoms with Gasteiger partial charge in [0, 0.05) is 17.2 Å². The van der Waals surface area contributed by atoms with E-state index in [2.05, 4.69) is 4.99 Å². The van der Waals surface area contributed by atoms with E-state index in [0.29, 0.717) is 17.0 Å². The van der Waals surface area contributed by atoms with E-state index < -0.39 is 0 Å². The summed E-state index contributed by atoms with van der Waals surface area (Å²) in [6.07, 6.45) is 0.772. The van der Waals surface area contributed by atoms with Gasteiger partial charge in [-0.15, -0.1) is 0 Å². The van der Waals surface area contributed by atoms with Crippen LogP contribution in [-0.4, -0.2) is 12.0 Å². The van der Waals surface area contributed by atoms with Crippen molar-refractivity contribution in [3.8, 4) is 6.07 Å². The van der Waals surface area contributed by atoms with Crippen LogP contribution in [0.1, 0.15) is 13.8 Å². The predicted octanol–water partition coefficient (Wildman–Crippen LogP) is 1.07. The van der Waals surface area contributed by atoms with Gasteiger partial charge in [0.05, 0.1) is 0 Å². The zero-order valence-corrected chi connectivity index (χ0v) is 6.46. The molecule has 11 heavy (non-hydrogen) atoms. The van der Waals surface area contributed by atoms with Crippen LogP contribution in [-0.2, 0) is 4.79 Å². The van der Waals surface area contributed by atoms with E-state index in [9.17, 15) is 4.79 Å². The Labute approximate surface area is 65.0 Å². The highest BCUT2D eigenvalue weighted by molar-refractivity contribution is 6.07. The molecule has 56 valence electrons. The highest BCUT2D eigenvalue weighted by Gasteiger charge is 2.22. The van der Waals surface area contributed by atoms with Gasteiger partial charge < -0.3 is 0 Å². The van der Waals surface area contributed by atoms with Crippen LogP contribution in [0.15, 0.2) is 16.3 Å². The zero-order valence-electron chi connectivity index (χ0n) is 6.46. The molecule has 0 amide bonds. The molecule has 0 aromatic carbocycles. The Morgan fingerprint density at radius 3 is 2.64 bits per heavy atom. The summed E-state index contributed by atoms with van der Waals surface area (Å²) < 4.78 is 0. The van der Waals surface area contributed by atoms with Gasteiger partial charge in [0.25, 0.3) is 0 Å². The first kappa shape index (κ1) is 7.67. The number of nitrogens with zero attached hydrogens (tertiary/aromatic N) is 2. The van der Waals surface area contributed by atoms with Crippen LogP contribution in [0.3, 0.4) is 0 Å². The molecule has 1 aliphatic rings. The second-order valence-corrected chi connectivity index (χ2v) is 2.49. The molecule has 0 unspecified atom stereocenters. The van der Waals surface area contributed by atoms with Gasteiger partial charge in [0.2, 0.25) is 0 Å². The summed E-state index contributed by atoms with van der Waals surface area (Å²) in [6.45, 7) is 3.55. The number of carbonyl (C=O) groups is 1. The lowest BCUT2D eigenvalue weighted by atomic mass is 9.99. The number of aldehydes is 1. The van der Waals surface area contributed by atoms with Gasteiger partial charge in [0.1, 0.15) is 18.1 Å². The molecule has 0 saturated heterocycles. The molecule has 1 rings (SSSR count). The van der Waals surface area contributed by atoms with Gasteiger partial charge in [-0.05, 0) is 6.92 Å². The molecule has 0 aliphatic carbocycles. The molecule has 3 heteroatoms. The third-order valence-corrected chi connectivity index (χ3v) is 1.82. The maximum absolute atomic E-state index is 10.4. The average molecular weight is 148 g/mol. The third kappa shape index (κ3) is 1.07. The monoisotopic (exact) mass is 148 g/mol. The molecule has 0 aromatic rings. The summed E-state index contributed by atoms with van der Waals surface area (Å²) in [5, 5.41) is 8.54. The van der Waals surface area contributed by atoms with Gasteiger partial charge >= 0.3 is 0 Å². The molecule has 1 aliphatic heterocycles. The Morgan fingerprint density at radius 1 is 1.73 bits per heavy atom. The van der Waals surface area contributed by atoms with Crippen molar-refractivity contribution in [1.29, 1.82) is 5.26 Å². The van der Waals surface area contributed by atoms with Crippen LogP contribution in [0.25, 0.3) is 0 Å². The minimum atomic E-state index is -0.113. The Kier molecular flexibility index (Phi) is 1.86. The second-order valence-electron chi connectivity index (χ2n) is 2.49. The van der Waals surface area contributed by atoms with E-state index in [1.54, 1.807) is 6.92 Å². The maximum Gasteiger partial charge on any atom is 0.148 e. The molecule has 0 aromatic heterocycles. The minimum absolute atomic E-state index is 0.113. The highest BCUT2D eigenvalue weighted by Crippen LogP contribution is 2.22. The molecule has 0 spiro atoms. The van der Waals surface area contributed by atoms with Crippen molar-refractivity contribution >= 4 is 12.0 Å². The van der Waals surface area contributed by atoms with Gasteiger partial charge in [-0.1, -0.05) is 6.92 Å². The summed E-state index contributed by atoms with van der Waals surface area (Å²) in [6, 6.07) is 1.96. The molecule has 0 radical (unpaired) electrons. The Balaban J connectivity index is 3.03. The standard InChI is InChI=1S/C8H8N2O/c1-5-7(4-11)6(2)10-8(5)3-9/h4-5H,1-2H3/t5-/m0/s1. The molecular formula is C8H8N2O. The SMILES string of the molecule is CC1=C(C=O)[C@H](C)C(C#N)=N1. The predicted molar refractivity (Wildman–Crippen MR) is 41.0 cm³/mol. The number of nitriles is 1. The van der Waals surface area contributed by atoms with E-state index in [1.165, 1.54) is 0 Å². The first-order chi connectivity index (χ1) is 5.20. The molecule has 3 nitrogen and oxygen atoms in total. The quantitative estimate of drug-likeness (QED) is 0.522. The highest BCUT2D eigenvalue weighted by atomic mass is 16.1. The van der Waals surface area contributed by atoms with Crippen molar-refractivity contribution in [2.24, 2.45) is 10.9 Å². The topological polar surface area (TPSA) is 53.2 Å². The Hall–Kier alpha value is -1.43. The van der Waals surface area contributed by atoms with Crippen molar-refractivity contribution in [1.82, 2.24) is 0 Å². The van der Waals surface area contributed by atoms with Crippen LogP contribution in [0.4, 0.5) is 0 Å². The lowest BCUT2D eigenvalue weighted by Gasteiger charge is -1.99. The number of aliphatic imine (C=N–C) groups is 1. The van der Waals surface area contributed by atoms with Crippen LogP contribution in [0.5, 0.6) is 0 Å². The molecule has 1 atom stereocenters. The van der Waals surface area contributed by atoms with Crippen LogP contribution in [0.2, 0.25) is 0 Å². The molecule has 0 N–H and O–H groups in total. The van der Waals surface area contributed by atoms with E-state index in [1.807, 2.05) is 13.0 Å². The van der Waals surface area contributed by atoms with Crippen molar-refractivity contribution in [2.75, 3.05) is 0 Å². The van der Waals surface area contributed by atoms with E-state index in [4.69, 9.17) is 5.26 Å². The van der Waals surface area contributed by atoms with E-state index in [0.717, 1.165) is 6.29 Å². The first-order valence-corrected chi connectivity index (χ1v) is 3.35. The minimum Gasteiger partial charge on any atom is -0.298 e. The Bertz CT molecular complexity index is 294. The van der Waals surface area contributed by atoms with Crippen molar-refractivity contribution < 1.29 is 4.79 Å². The van der Waals surface area contributed by atoms with Crippen molar-refractivity contribution in [2.45, 2.75) is 13.8 Å². The molecule has 0 saturated carbocycles. The van der Waals surface area contributed by atoms with Gasteiger partial charge in [-0.2, -0.15) is 5.26 Å². The van der Waals surface area contributed by atoms with Crippen LogP contribution < -0.4 is 0 Å². The number of allylic oxidation sites excluding steroid dienone is 2. The fourth-order valence-electron chi connectivity index (χ4n) is 1.11. The number of hydrogen-bond donors (Lipinski definition) is 0. The molecular weight excluding hydrogens is 140 g/mol. The number of rotatable bonds is 1. The summed E-state index contributed by atoms with van der Waals surface area (Å²) in [4.78, 5) is 14.4. The molecule has 0 bridgehead atoms. The lowest BCUT2D eigenvalue weighted by molar-refractivity contribution is -0.105. The maximum atomic E-state index is 10.4. The van der Waals surface area contributed by atoms with Crippen molar-refractivity contribution in [3.05, 3.63) is 11.3 Å². The third-order valence-electron chi connectivity index (χ3n) is 1.82. The number of carbonyl (C=O) groups excluding carboxylic acids is 1. The Morgan fingerprint density at radius 2 is 2.36 bits per heavy atom.